The largest absolute Gasteiger partial charge is 0.366 e. The number of hydrogen-bond acceptors (Lipinski definition) is 5. The van der Waals surface area contributed by atoms with E-state index in [9.17, 15) is 9.59 Å². The number of aromatic nitrogens is 3. The molecule has 0 aliphatic rings. The van der Waals surface area contributed by atoms with Gasteiger partial charge in [-0.2, -0.15) is 4.68 Å². The van der Waals surface area contributed by atoms with Crippen molar-refractivity contribution in [3.8, 4) is 0 Å². The second-order valence-corrected chi connectivity index (χ2v) is 1.59. The molecular weight excluding hydrogens is 138 g/mol. The smallest absolute Gasteiger partial charge is 0.338 e. The van der Waals surface area contributed by atoms with Crippen LogP contribution in [0.2, 0.25) is 0 Å². The van der Waals surface area contributed by atoms with Crippen molar-refractivity contribution in [2.75, 3.05) is 11.6 Å². The van der Waals surface area contributed by atoms with Gasteiger partial charge >= 0.3 is 11.1 Å². The van der Waals surface area contributed by atoms with Crippen LogP contribution in [-0.2, 0) is 0 Å². The Morgan fingerprint density at radius 1 is 1.50 bits per heavy atom. The van der Waals surface area contributed by atoms with Crippen LogP contribution in [0.1, 0.15) is 0 Å². The number of anilines is 1. The van der Waals surface area contributed by atoms with Crippen LogP contribution in [0, 0.1) is 0 Å². The molecule has 0 amide bonds. The summed E-state index contributed by atoms with van der Waals surface area (Å²) < 4.78 is 0.471. The summed E-state index contributed by atoms with van der Waals surface area (Å²) in [6, 6.07) is 0. The molecule has 1 aromatic heterocycles. The predicted molar refractivity (Wildman–Crippen MR) is 33.7 cm³/mol. The van der Waals surface area contributed by atoms with Gasteiger partial charge < -0.3 is 11.6 Å². The molecule has 1 heterocycles. The molecule has 0 fully saturated rings. The minimum Gasteiger partial charge on any atom is -0.366 e. The van der Waals surface area contributed by atoms with Gasteiger partial charge in [0.25, 0.3) is 0 Å². The molecule has 1 rings (SSSR count). The summed E-state index contributed by atoms with van der Waals surface area (Å²) in [5.74, 6) is 4.75. The van der Waals surface area contributed by atoms with E-state index in [0.717, 1.165) is 0 Å². The summed E-state index contributed by atoms with van der Waals surface area (Å²) in [6.45, 7) is 0. The van der Waals surface area contributed by atoms with Crippen LogP contribution in [0.25, 0.3) is 0 Å². The van der Waals surface area contributed by atoms with Crippen LogP contribution >= 0.6 is 0 Å². The number of H-pyrrole nitrogens is 1. The van der Waals surface area contributed by atoms with E-state index in [-0.39, 0.29) is 5.95 Å². The summed E-state index contributed by atoms with van der Waals surface area (Å²) in [5, 5.41) is 5.08. The lowest BCUT2D eigenvalue weighted by Crippen LogP contribution is -2.42. The standard InChI is InChI=1S/C3H5N5O2/c4-3-7-6-1(9)2(10)8(3)5/h5H2,(H2,4,7)(H,6,9). The molecule has 0 aliphatic heterocycles. The summed E-state index contributed by atoms with van der Waals surface area (Å²) >= 11 is 0. The monoisotopic (exact) mass is 143 g/mol. The Hall–Kier alpha value is -1.79. The van der Waals surface area contributed by atoms with Gasteiger partial charge in [-0.05, 0) is 0 Å². The lowest BCUT2D eigenvalue weighted by Gasteiger charge is -1.96. The third kappa shape index (κ3) is 0.729. The number of hydrogen-bond donors (Lipinski definition) is 3. The van der Waals surface area contributed by atoms with Crippen molar-refractivity contribution in [1.29, 1.82) is 0 Å². The molecule has 1 aromatic rings. The van der Waals surface area contributed by atoms with Gasteiger partial charge in [-0.15, -0.1) is 5.10 Å². The maximum Gasteiger partial charge on any atom is 0.338 e. The molecular formula is C3H5N5O2. The van der Waals surface area contributed by atoms with Crippen molar-refractivity contribution >= 4 is 5.95 Å². The van der Waals surface area contributed by atoms with E-state index >= 15 is 0 Å². The molecule has 0 bridgehead atoms. The fourth-order valence-corrected chi connectivity index (χ4v) is 0.423. The van der Waals surface area contributed by atoms with Crippen LogP contribution in [0.5, 0.6) is 0 Å². The van der Waals surface area contributed by atoms with E-state index in [1.807, 2.05) is 5.10 Å². The average Bonchev–Trinajstić information content (AvgIpc) is 1.93. The average molecular weight is 143 g/mol. The Bertz CT molecular complexity index is 349. The summed E-state index contributed by atoms with van der Waals surface area (Å²) in [5.41, 5.74) is 3.23. The Morgan fingerprint density at radius 3 is 2.60 bits per heavy atom. The summed E-state index contributed by atoms with van der Waals surface area (Å²) in [7, 11) is 0. The highest BCUT2D eigenvalue weighted by molar-refractivity contribution is 5.12. The Balaban J connectivity index is 3.66. The predicted octanol–water partition coefficient (Wildman–Crippen LogP) is -2.77. The summed E-state index contributed by atoms with van der Waals surface area (Å²) in [4.78, 5) is 21.0. The third-order valence-corrected chi connectivity index (χ3v) is 0.932. The molecule has 54 valence electrons. The van der Waals surface area contributed by atoms with E-state index in [1.165, 1.54) is 0 Å². The van der Waals surface area contributed by atoms with Crippen LogP contribution in [-0.4, -0.2) is 14.9 Å². The highest BCUT2D eigenvalue weighted by Gasteiger charge is 1.99. The fraction of sp³-hybridized carbons (Fsp3) is 0. The Labute approximate surface area is 54.2 Å². The van der Waals surface area contributed by atoms with Crippen molar-refractivity contribution < 1.29 is 0 Å². The minimum absolute atomic E-state index is 0.232. The quantitative estimate of drug-likeness (QED) is 0.268. The van der Waals surface area contributed by atoms with E-state index in [0.29, 0.717) is 4.68 Å². The highest BCUT2D eigenvalue weighted by Crippen LogP contribution is 1.75. The molecule has 0 atom stereocenters. The zero-order valence-corrected chi connectivity index (χ0v) is 4.87. The summed E-state index contributed by atoms with van der Waals surface area (Å²) in [6.07, 6.45) is 0. The third-order valence-electron chi connectivity index (χ3n) is 0.932. The van der Waals surface area contributed by atoms with Crippen molar-refractivity contribution in [2.45, 2.75) is 0 Å². The number of aromatic amines is 1. The number of nitrogen functional groups attached to an aromatic ring is 2. The second-order valence-electron chi connectivity index (χ2n) is 1.59. The second kappa shape index (κ2) is 1.87. The molecule has 5 N–H and O–H groups in total. The molecule has 7 nitrogen and oxygen atoms in total. The zero-order valence-electron chi connectivity index (χ0n) is 4.87. The van der Waals surface area contributed by atoms with Gasteiger partial charge in [0, 0.05) is 0 Å². The molecule has 0 aromatic carbocycles. The first-order valence-electron chi connectivity index (χ1n) is 2.35. The van der Waals surface area contributed by atoms with E-state index in [4.69, 9.17) is 11.6 Å². The maximum atomic E-state index is 10.6. The van der Waals surface area contributed by atoms with Gasteiger partial charge in [-0.3, -0.25) is 9.59 Å². The van der Waals surface area contributed by atoms with Crippen molar-refractivity contribution in [1.82, 2.24) is 14.9 Å². The lowest BCUT2D eigenvalue weighted by atomic mass is 10.8. The molecule has 0 unspecified atom stereocenters. The fourth-order valence-electron chi connectivity index (χ4n) is 0.423. The topological polar surface area (TPSA) is 120 Å². The van der Waals surface area contributed by atoms with Crippen molar-refractivity contribution in [2.24, 2.45) is 0 Å². The normalized spacial score (nSPS) is 9.60. The van der Waals surface area contributed by atoms with Gasteiger partial charge in [0.1, 0.15) is 0 Å². The van der Waals surface area contributed by atoms with Crippen LogP contribution in [0.3, 0.4) is 0 Å². The lowest BCUT2D eigenvalue weighted by molar-refractivity contribution is 0.813. The van der Waals surface area contributed by atoms with Crippen molar-refractivity contribution in [3.63, 3.8) is 0 Å². The number of nitrogens with zero attached hydrogens (tertiary/aromatic N) is 2. The van der Waals surface area contributed by atoms with Crippen LogP contribution in [0.4, 0.5) is 5.95 Å². The minimum atomic E-state index is -0.924. The van der Waals surface area contributed by atoms with Crippen LogP contribution < -0.4 is 22.7 Å². The molecule has 0 saturated carbocycles. The van der Waals surface area contributed by atoms with E-state index < -0.39 is 11.1 Å². The maximum absolute atomic E-state index is 10.6. The van der Waals surface area contributed by atoms with Gasteiger partial charge in [-0.1, -0.05) is 0 Å². The highest BCUT2D eigenvalue weighted by atomic mass is 16.2. The Morgan fingerprint density at radius 2 is 2.10 bits per heavy atom. The first kappa shape index (κ1) is 6.33. The number of nitrogens with one attached hydrogen (secondary N) is 1. The molecule has 7 heteroatoms. The number of nitrogens with two attached hydrogens (primary N) is 2. The van der Waals surface area contributed by atoms with Gasteiger partial charge in [0.15, 0.2) is 0 Å². The Kier molecular flexibility index (Phi) is 1.18. The first-order chi connectivity index (χ1) is 4.63. The van der Waals surface area contributed by atoms with E-state index in [2.05, 4.69) is 5.10 Å². The van der Waals surface area contributed by atoms with Crippen LogP contribution in [0.15, 0.2) is 9.59 Å². The van der Waals surface area contributed by atoms with Crippen molar-refractivity contribution in [3.05, 3.63) is 20.7 Å². The van der Waals surface area contributed by atoms with Gasteiger partial charge in [0.2, 0.25) is 5.95 Å². The van der Waals surface area contributed by atoms with Gasteiger partial charge in [-0.25, -0.2) is 5.10 Å². The molecule has 0 aliphatic carbocycles. The van der Waals surface area contributed by atoms with E-state index in [1.54, 1.807) is 0 Å². The molecule has 10 heavy (non-hydrogen) atoms. The molecule has 0 spiro atoms. The SMILES string of the molecule is Nc1n[nH]c(=O)c(=O)n1N. The van der Waals surface area contributed by atoms with Gasteiger partial charge in [0.05, 0.1) is 0 Å². The zero-order chi connectivity index (χ0) is 7.72. The first-order valence-corrected chi connectivity index (χ1v) is 2.35. The molecule has 0 saturated heterocycles. The number of rotatable bonds is 0. The molecule has 0 radical (unpaired) electrons.